The second-order valence-corrected chi connectivity index (χ2v) is 6.33. The van der Waals surface area contributed by atoms with E-state index in [0.29, 0.717) is 29.3 Å². The number of nitrogen functional groups attached to an aromatic ring is 1. The zero-order valence-corrected chi connectivity index (χ0v) is 13.4. The predicted octanol–water partition coefficient (Wildman–Crippen LogP) is 3.06. The number of benzene rings is 2. The van der Waals surface area contributed by atoms with Gasteiger partial charge in [-0.05, 0) is 42.4 Å². The van der Waals surface area contributed by atoms with Crippen LogP contribution in [0.15, 0.2) is 30.3 Å². The van der Waals surface area contributed by atoms with Gasteiger partial charge in [-0.15, -0.1) is 0 Å². The highest BCUT2D eigenvalue weighted by atomic mass is 16.7. The molecule has 2 aromatic carbocycles. The molecule has 124 valence electrons. The summed E-state index contributed by atoms with van der Waals surface area (Å²) in [5.41, 5.74) is 10.8. The average Bonchev–Trinajstić information content (AvgIpc) is 3.02. The van der Waals surface area contributed by atoms with E-state index in [-0.39, 0.29) is 12.7 Å². The SMILES string of the molecule is Nc1cc2c(cc1NC(=O)Cc1ccc3c(c1)CCCC3)OCO2. The number of ether oxygens (including phenoxy) is 2. The van der Waals surface area contributed by atoms with Gasteiger partial charge >= 0.3 is 0 Å². The van der Waals surface area contributed by atoms with Crippen LogP contribution in [0.4, 0.5) is 11.4 Å². The molecule has 2 aliphatic rings. The molecule has 0 radical (unpaired) electrons. The molecule has 24 heavy (non-hydrogen) atoms. The smallest absolute Gasteiger partial charge is 0.231 e. The summed E-state index contributed by atoms with van der Waals surface area (Å²) < 4.78 is 10.6. The number of amides is 1. The van der Waals surface area contributed by atoms with Gasteiger partial charge in [0.2, 0.25) is 12.7 Å². The van der Waals surface area contributed by atoms with Crippen LogP contribution in [0, 0.1) is 0 Å². The Morgan fingerprint density at radius 3 is 2.62 bits per heavy atom. The molecule has 1 aliphatic carbocycles. The van der Waals surface area contributed by atoms with Crippen LogP contribution in [0.25, 0.3) is 0 Å². The fourth-order valence-corrected chi connectivity index (χ4v) is 3.34. The molecule has 0 bridgehead atoms. The van der Waals surface area contributed by atoms with Crippen molar-refractivity contribution in [2.45, 2.75) is 32.1 Å². The minimum atomic E-state index is -0.0867. The number of nitrogens with two attached hydrogens (primary N) is 1. The second-order valence-electron chi connectivity index (χ2n) is 6.33. The molecule has 4 rings (SSSR count). The van der Waals surface area contributed by atoms with E-state index < -0.39 is 0 Å². The quantitative estimate of drug-likeness (QED) is 0.851. The molecule has 0 saturated carbocycles. The zero-order valence-electron chi connectivity index (χ0n) is 13.4. The highest BCUT2D eigenvalue weighted by molar-refractivity contribution is 5.95. The number of carbonyl (C=O) groups excluding carboxylic acids is 1. The van der Waals surface area contributed by atoms with Gasteiger partial charge in [0.25, 0.3) is 0 Å². The van der Waals surface area contributed by atoms with Crippen LogP contribution in [0.3, 0.4) is 0 Å². The van der Waals surface area contributed by atoms with E-state index in [1.165, 1.54) is 24.0 Å². The number of hydrogen-bond acceptors (Lipinski definition) is 4. The molecule has 1 heterocycles. The number of rotatable bonds is 3. The van der Waals surface area contributed by atoms with Crippen LogP contribution in [0.5, 0.6) is 11.5 Å². The van der Waals surface area contributed by atoms with Gasteiger partial charge in [0, 0.05) is 12.1 Å². The van der Waals surface area contributed by atoms with Crippen LogP contribution >= 0.6 is 0 Å². The minimum absolute atomic E-state index is 0.0867. The predicted molar refractivity (Wildman–Crippen MR) is 92.4 cm³/mol. The van der Waals surface area contributed by atoms with Crippen molar-refractivity contribution in [3.8, 4) is 11.5 Å². The maximum absolute atomic E-state index is 12.4. The van der Waals surface area contributed by atoms with Crippen LogP contribution in [0.1, 0.15) is 29.5 Å². The lowest BCUT2D eigenvalue weighted by atomic mass is 9.90. The van der Waals surface area contributed by atoms with Crippen molar-refractivity contribution in [2.75, 3.05) is 17.8 Å². The fraction of sp³-hybridized carbons (Fsp3) is 0.316. The summed E-state index contributed by atoms with van der Waals surface area (Å²) >= 11 is 0. The Labute approximate surface area is 140 Å². The van der Waals surface area contributed by atoms with Gasteiger partial charge in [-0.1, -0.05) is 18.2 Å². The summed E-state index contributed by atoms with van der Waals surface area (Å²) in [6.07, 6.45) is 5.09. The van der Waals surface area contributed by atoms with Crippen LogP contribution in [0.2, 0.25) is 0 Å². The van der Waals surface area contributed by atoms with E-state index >= 15 is 0 Å². The Morgan fingerprint density at radius 2 is 1.79 bits per heavy atom. The van der Waals surface area contributed by atoms with Crippen molar-refractivity contribution in [1.82, 2.24) is 0 Å². The van der Waals surface area contributed by atoms with E-state index in [1.807, 2.05) is 6.07 Å². The number of anilines is 2. The molecule has 0 aromatic heterocycles. The van der Waals surface area contributed by atoms with E-state index in [9.17, 15) is 4.79 Å². The van der Waals surface area contributed by atoms with Crippen LogP contribution in [-0.4, -0.2) is 12.7 Å². The number of carbonyl (C=O) groups is 1. The van der Waals surface area contributed by atoms with Gasteiger partial charge in [-0.25, -0.2) is 0 Å². The summed E-state index contributed by atoms with van der Waals surface area (Å²) in [4.78, 5) is 12.4. The van der Waals surface area contributed by atoms with Gasteiger partial charge < -0.3 is 20.5 Å². The molecule has 2 aromatic rings. The molecule has 5 nitrogen and oxygen atoms in total. The fourth-order valence-electron chi connectivity index (χ4n) is 3.34. The van der Waals surface area contributed by atoms with Gasteiger partial charge in [-0.2, -0.15) is 0 Å². The van der Waals surface area contributed by atoms with E-state index in [2.05, 4.69) is 17.4 Å². The van der Waals surface area contributed by atoms with Crippen molar-refractivity contribution in [3.05, 3.63) is 47.0 Å². The molecular formula is C19H20N2O3. The Kier molecular flexibility index (Phi) is 3.76. The summed E-state index contributed by atoms with van der Waals surface area (Å²) in [5.74, 6) is 1.13. The molecule has 0 atom stereocenters. The normalized spacial score (nSPS) is 15.0. The molecule has 5 heteroatoms. The number of aryl methyl sites for hydroxylation is 2. The molecule has 3 N–H and O–H groups in total. The zero-order chi connectivity index (χ0) is 16.5. The maximum atomic E-state index is 12.4. The molecule has 1 aliphatic heterocycles. The monoisotopic (exact) mass is 324 g/mol. The standard InChI is InChI=1S/C19H20N2O3/c20-15-9-17-18(24-11-23-17)10-16(15)21-19(22)8-12-5-6-13-3-1-2-4-14(13)7-12/h5-7,9-10H,1-4,8,11,20H2,(H,21,22). The molecule has 0 spiro atoms. The Bertz CT molecular complexity index is 801. The highest BCUT2D eigenvalue weighted by Gasteiger charge is 2.17. The first kappa shape index (κ1) is 14.9. The van der Waals surface area contributed by atoms with Crippen molar-refractivity contribution in [2.24, 2.45) is 0 Å². The van der Waals surface area contributed by atoms with Crippen molar-refractivity contribution in [3.63, 3.8) is 0 Å². The summed E-state index contributed by atoms with van der Waals surface area (Å²) in [5, 5.41) is 2.87. The first-order valence-corrected chi connectivity index (χ1v) is 8.29. The molecule has 1 amide bonds. The molecule has 0 unspecified atom stereocenters. The topological polar surface area (TPSA) is 73.6 Å². The van der Waals surface area contributed by atoms with Crippen LogP contribution < -0.4 is 20.5 Å². The minimum Gasteiger partial charge on any atom is -0.454 e. The Balaban J connectivity index is 1.47. The number of hydrogen-bond donors (Lipinski definition) is 2. The second kappa shape index (κ2) is 6.07. The summed E-state index contributed by atoms with van der Waals surface area (Å²) in [6.45, 7) is 0.182. The Morgan fingerprint density at radius 1 is 1.04 bits per heavy atom. The van der Waals surface area contributed by atoms with Crippen molar-refractivity contribution >= 4 is 17.3 Å². The first-order chi connectivity index (χ1) is 11.7. The lowest BCUT2D eigenvalue weighted by molar-refractivity contribution is -0.115. The molecule has 0 fully saturated rings. The lowest BCUT2D eigenvalue weighted by Crippen LogP contribution is -2.16. The van der Waals surface area contributed by atoms with Gasteiger partial charge in [0.15, 0.2) is 11.5 Å². The largest absolute Gasteiger partial charge is 0.454 e. The van der Waals surface area contributed by atoms with Crippen molar-refractivity contribution in [1.29, 1.82) is 0 Å². The lowest BCUT2D eigenvalue weighted by Gasteiger charge is -2.16. The summed E-state index contributed by atoms with van der Waals surface area (Å²) in [6, 6.07) is 9.76. The number of fused-ring (bicyclic) bond motifs is 2. The van der Waals surface area contributed by atoms with Gasteiger partial charge in [0.1, 0.15) is 0 Å². The molecule has 0 saturated heterocycles. The first-order valence-electron chi connectivity index (χ1n) is 8.29. The third-order valence-corrected chi connectivity index (χ3v) is 4.60. The van der Waals surface area contributed by atoms with Gasteiger partial charge in [0.05, 0.1) is 17.8 Å². The van der Waals surface area contributed by atoms with Gasteiger partial charge in [-0.3, -0.25) is 4.79 Å². The maximum Gasteiger partial charge on any atom is 0.231 e. The third kappa shape index (κ3) is 2.89. The van der Waals surface area contributed by atoms with E-state index in [0.717, 1.165) is 18.4 Å². The van der Waals surface area contributed by atoms with Crippen molar-refractivity contribution < 1.29 is 14.3 Å². The highest BCUT2D eigenvalue weighted by Crippen LogP contribution is 2.38. The van der Waals surface area contributed by atoms with Crippen LogP contribution in [-0.2, 0) is 24.1 Å². The Hall–Kier alpha value is -2.69. The summed E-state index contributed by atoms with van der Waals surface area (Å²) in [7, 11) is 0. The number of nitrogens with one attached hydrogen (secondary N) is 1. The third-order valence-electron chi connectivity index (χ3n) is 4.60. The van der Waals surface area contributed by atoms with E-state index in [1.54, 1.807) is 12.1 Å². The average molecular weight is 324 g/mol. The molecular weight excluding hydrogens is 304 g/mol. The van der Waals surface area contributed by atoms with E-state index in [4.69, 9.17) is 15.2 Å².